The van der Waals surface area contributed by atoms with Crippen LogP contribution in [0.15, 0.2) is 18.2 Å². The molecule has 17 heavy (non-hydrogen) atoms. The van der Waals surface area contributed by atoms with Crippen LogP contribution in [0.1, 0.15) is 17.2 Å². The van der Waals surface area contributed by atoms with Gasteiger partial charge in [-0.2, -0.15) is 22.0 Å². The maximum absolute atomic E-state index is 12.8. The van der Waals surface area contributed by atoms with Crippen molar-refractivity contribution >= 4 is 11.6 Å². The van der Waals surface area contributed by atoms with Crippen LogP contribution in [0.5, 0.6) is 0 Å². The van der Waals surface area contributed by atoms with E-state index in [1.54, 1.807) is 0 Å². The summed E-state index contributed by atoms with van der Waals surface area (Å²) in [5.74, 6) is -1.62. The van der Waals surface area contributed by atoms with E-state index in [1.807, 2.05) is 0 Å². The summed E-state index contributed by atoms with van der Waals surface area (Å²) in [6.07, 6.45) is -7.69. The first-order valence-corrected chi connectivity index (χ1v) is 4.52. The van der Waals surface area contributed by atoms with Crippen molar-refractivity contribution in [2.75, 3.05) is 0 Å². The molecule has 0 bridgehead atoms. The Morgan fingerprint density at radius 1 is 1.12 bits per heavy atom. The standard InChI is InChI=1S/C9H5ClF6O/c10-8(12,13)7(17)4-1-2-6(11)5(3-4)9(14,15)16/h1-3,7,17H. The Morgan fingerprint density at radius 2 is 1.65 bits per heavy atom. The average Bonchev–Trinajstić information content (AvgIpc) is 2.14. The predicted molar refractivity (Wildman–Crippen MR) is 47.2 cm³/mol. The Kier molecular flexibility index (Phi) is 3.63. The van der Waals surface area contributed by atoms with Gasteiger partial charge in [-0.1, -0.05) is 6.07 Å². The van der Waals surface area contributed by atoms with Crippen LogP contribution in [0.3, 0.4) is 0 Å². The fraction of sp³-hybridized carbons (Fsp3) is 0.333. The van der Waals surface area contributed by atoms with Crippen molar-refractivity contribution in [2.45, 2.75) is 17.7 Å². The highest BCUT2D eigenvalue weighted by Gasteiger charge is 2.39. The second-order valence-corrected chi connectivity index (χ2v) is 3.69. The van der Waals surface area contributed by atoms with E-state index in [0.717, 1.165) is 0 Å². The molecule has 8 heteroatoms. The fourth-order valence-electron chi connectivity index (χ4n) is 1.12. The van der Waals surface area contributed by atoms with Gasteiger partial charge in [-0.15, -0.1) is 0 Å². The van der Waals surface area contributed by atoms with E-state index in [2.05, 4.69) is 11.6 Å². The molecule has 0 heterocycles. The molecule has 0 aliphatic carbocycles. The lowest BCUT2D eigenvalue weighted by Gasteiger charge is -2.17. The molecule has 0 aliphatic rings. The number of aliphatic hydroxyl groups excluding tert-OH is 1. The first kappa shape index (κ1) is 14.1. The van der Waals surface area contributed by atoms with Gasteiger partial charge >= 0.3 is 11.6 Å². The highest BCUT2D eigenvalue weighted by atomic mass is 35.5. The Morgan fingerprint density at radius 3 is 2.06 bits per heavy atom. The third-order valence-electron chi connectivity index (χ3n) is 1.92. The first-order valence-electron chi connectivity index (χ1n) is 4.15. The molecule has 0 aliphatic heterocycles. The molecular weight excluding hydrogens is 274 g/mol. The Bertz CT molecular complexity index is 411. The second-order valence-electron chi connectivity index (χ2n) is 3.18. The smallest absolute Gasteiger partial charge is 0.381 e. The molecule has 0 saturated heterocycles. The minimum Gasteiger partial charge on any atom is -0.381 e. The van der Waals surface area contributed by atoms with Crippen LogP contribution in [0.2, 0.25) is 0 Å². The molecule has 1 aromatic rings. The third kappa shape index (κ3) is 3.26. The maximum atomic E-state index is 12.8. The molecule has 0 fully saturated rings. The molecule has 1 N–H and O–H groups in total. The van der Waals surface area contributed by atoms with Crippen molar-refractivity contribution in [3.63, 3.8) is 0 Å². The summed E-state index contributed by atoms with van der Waals surface area (Å²) in [4.78, 5) is 0. The fourth-order valence-corrected chi connectivity index (χ4v) is 1.25. The lowest BCUT2D eigenvalue weighted by molar-refractivity contribution is -0.140. The number of aliphatic hydroxyl groups is 1. The first-order chi connectivity index (χ1) is 7.53. The quantitative estimate of drug-likeness (QED) is 0.646. The SMILES string of the molecule is OC(c1ccc(F)c(C(F)(F)F)c1)C(F)(F)Cl. The van der Waals surface area contributed by atoms with Crippen molar-refractivity contribution < 1.29 is 31.4 Å². The normalized spacial score (nSPS) is 14.8. The number of hydrogen-bond acceptors (Lipinski definition) is 1. The van der Waals surface area contributed by atoms with Crippen LogP contribution >= 0.6 is 11.6 Å². The molecule has 96 valence electrons. The number of hydrogen-bond donors (Lipinski definition) is 1. The van der Waals surface area contributed by atoms with E-state index >= 15 is 0 Å². The molecule has 1 atom stereocenters. The van der Waals surface area contributed by atoms with Crippen LogP contribution in [0.25, 0.3) is 0 Å². The van der Waals surface area contributed by atoms with Crippen LogP contribution < -0.4 is 0 Å². The molecule has 0 amide bonds. The summed E-state index contributed by atoms with van der Waals surface area (Å²) < 4.78 is 74.5. The third-order valence-corrected chi connectivity index (χ3v) is 2.13. The number of halogens is 7. The Hall–Kier alpha value is -0.950. The Labute approximate surface area is 96.6 Å². The van der Waals surface area contributed by atoms with Crippen LogP contribution in [0, 0.1) is 5.82 Å². The van der Waals surface area contributed by atoms with E-state index in [0.29, 0.717) is 12.1 Å². The van der Waals surface area contributed by atoms with Gasteiger partial charge < -0.3 is 5.11 Å². The van der Waals surface area contributed by atoms with Gasteiger partial charge in [0.2, 0.25) is 0 Å². The van der Waals surface area contributed by atoms with Gasteiger partial charge in [0.05, 0.1) is 5.56 Å². The van der Waals surface area contributed by atoms with E-state index in [1.165, 1.54) is 0 Å². The van der Waals surface area contributed by atoms with Crippen molar-refractivity contribution in [2.24, 2.45) is 0 Å². The maximum Gasteiger partial charge on any atom is 0.419 e. The molecule has 0 radical (unpaired) electrons. The largest absolute Gasteiger partial charge is 0.419 e. The van der Waals surface area contributed by atoms with Crippen molar-refractivity contribution in [1.29, 1.82) is 0 Å². The zero-order chi connectivity index (χ0) is 13.4. The second kappa shape index (κ2) is 4.38. The van der Waals surface area contributed by atoms with Gasteiger partial charge in [0.1, 0.15) is 5.82 Å². The summed E-state index contributed by atoms with van der Waals surface area (Å²) >= 11 is 4.47. The lowest BCUT2D eigenvalue weighted by atomic mass is 10.1. The zero-order valence-corrected chi connectivity index (χ0v) is 8.66. The summed E-state index contributed by atoms with van der Waals surface area (Å²) in [6, 6.07) is 1.03. The van der Waals surface area contributed by atoms with E-state index in [4.69, 9.17) is 5.11 Å². The number of rotatable bonds is 2. The van der Waals surface area contributed by atoms with Crippen molar-refractivity contribution in [3.05, 3.63) is 35.1 Å². The van der Waals surface area contributed by atoms with Gasteiger partial charge in [0.15, 0.2) is 6.10 Å². The van der Waals surface area contributed by atoms with Crippen LogP contribution in [-0.4, -0.2) is 10.5 Å². The van der Waals surface area contributed by atoms with Crippen molar-refractivity contribution in [1.82, 2.24) is 0 Å². The average molecular weight is 279 g/mol. The molecule has 1 nitrogen and oxygen atoms in total. The summed E-state index contributed by atoms with van der Waals surface area (Å²) in [5.41, 5.74) is -2.56. The Balaban J connectivity index is 3.23. The molecule has 1 aromatic carbocycles. The molecule has 0 spiro atoms. The van der Waals surface area contributed by atoms with E-state index in [9.17, 15) is 26.3 Å². The monoisotopic (exact) mass is 278 g/mol. The molecule has 1 rings (SSSR count). The summed E-state index contributed by atoms with van der Waals surface area (Å²) in [7, 11) is 0. The van der Waals surface area contributed by atoms with E-state index < -0.39 is 34.6 Å². The number of benzene rings is 1. The highest BCUT2D eigenvalue weighted by Crippen LogP contribution is 2.38. The highest BCUT2D eigenvalue weighted by molar-refractivity contribution is 6.22. The summed E-state index contributed by atoms with van der Waals surface area (Å²) in [5, 5.41) is 4.83. The number of alkyl halides is 6. The topological polar surface area (TPSA) is 20.2 Å². The van der Waals surface area contributed by atoms with Crippen molar-refractivity contribution in [3.8, 4) is 0 Å². The molecule has 0 saturated carbocycles. The predicted octanol–water partition coefficient (Wildman–Crippen LogP) is 3.71. The summed E-state index contributed by atoms with van der Waals surface area (Å²) in [6.45, 7) is 0. The molecular formula is C9H5ClF6O. The molecule has 1 unspecified atom stereocenters. The van der Waals surface area contributed by atoms with Gasteiger partial charge in [0.25, 0.3) is 0 Å². The van der Waals surface area contributed by atoms with Gasteiger partial charge in [0, 0.05) is 0 Å². The minimum absolute atomic E-state index is 0.0935. The minimum atomic E-state index is -5.04. The van der Waals surface area contributed by atoms with Gasteiger partial charge in [-0.25, -0.2) is 4.39 Å². The lowest BCUT2D eigenvalue weighted by Crippen LogP contribution is -2.20. The van der Waals surface area contributed by atoms with Gasteiger partial charge in [-0.3, -0.25) is 0 Å². The van der Waals surface area contributed by atoms with Gasteiger partial charge in [-0.05, 0) is 29.3 Å². The van der Waals surface area contributed by atoms with Crippen LogP contribution in [-0.2, 0) is 6.18 Å². The zero-order valence-electron chi connectivity index (χ0n) is 7.90. The van der Waals surface area contributed by atoms with Crippen LogP contribution in [0.4, 0.5) is 26.3 Å². The van der Waals surface area contributed by atoms with E-state index in [-0.39, 0.29) is 6.07 Å². The molecule has 0 aromatic heterocycles.